The number of pyridine rings is 1. The van der Waals surface area contributed by atoms with Crippen molar-refractivity contribution in [3.8, 4) is 0 Å². The van der Waals surface area contributed by atoms with E-state index in [2.05, 4.69) is 15.2 Å². The Morgan fingerprint density at radius 3 is 2.52 bits per heavy atom. The largest absolute Gasteiger partial charge is 0.344 e. The number of nitrogens with one attached hydrogen (secondary N) is 1. The fraction of sp³-hybridized carbons (Fsp3) is 0.524. The smallest absolute Gasteiger partial charge is 0.258 e. The molecule has 0 radical (unpaired) electrons. The predicted molar refractivity (Wildman–Crippen MR) is 110 cm³/mol. The summed E-state index contributed by atoms with van der Waals surface area (Å²) in [6.45, 7) is 10.3. The normalized spacial score (nSPS) is 16.6. The first-order valence-corrected chi connectivity index (χ1v) is 9.94. The molecule has 1 atom stereocenters. The van der Waals surface area contributed by atoms with Gasteiger partial charge in [-0.1, -0.05) is 26.8 Å². The van der Waals surface area contributed by atoms with Gasteiger partial charge in [0, 0.05) is 50.4 Å². The minimum Gasteiger partial charge on any atom is -0.344 e. The minimum atomic E-state index is -0.546. The van der Waals surface area contributed by atoms with Crippen molar-refractivity contribution in [2.24, 2.45) is 5.41 Å². The van der Waals surface area contributed by atoms with E-state index in [1.807, 2.05) is 32.9 Å². The van der Waals surface area contributed by atoms with Crippen molar-refractivity contribution in [3.63, 3.8) is 0 Å². The number of nitrogens with zero attached hydrogens (tertiary/aromatic N) is 4. The van der Waals surface area contributed by atoms with Crippen LogP contribution in [-0.2, 0) is 16.1 Å². The maximum absolute atomic E-state index is 12.7. The molecular weight excluding hydrogens is 370 g/mol. The average molecular weight is 399 g/mol. The summed E-state index contributed by atoms with van der Waals surface area (Å²) in [6, 6.07) is 6.49. The van der Waals surface area contributed by atoms with Crippen LogP contribution in [0.3, 0.4) is 0 Å². The molecule has 1 unspecified atom stereocenters. The Morgan fingerprint density at radius 2 is 1.86 bits per heavy atom. The van der Waals surface area contributed by atoms with Gasteiger partial charge in [0.25, 0.3) is 5.56 Å². The van der Waals surface area contributed by atoms with Crippen molar-refractivity contribution < 1.29 is 9.59 Å². The summed E-state index contributed by atoms with van der Waals surface area (Å²) < 4.78 is 1.52. The molecule has 0 saturated carbocycles. The molecule has 1 N–H and O–H groups in total. The lowest BCUT2D eigenvalue weighted by Crippen LogP contribution is -2.55. The summed E-state index contributed by atoms with van der Waals surface area (Å²) in [5.74, 6) is -0.199. The first-order chi connectivity index (χ1) is 13.6. The zero-order valence-corrected chi connectivity index (χ0v) is 17.5. The highest BCUT2D eigenvalue weighted by Crippen LogP contribution is 2.14. The summed E-state index contributed by atoms with van der Waals surface area (Å²) in [5, 5.41) is 2.80. The van der Waals surface area contributed by atoms with Crippen LogP contribution in [0.5, 0.6) is 0 Å². The molecule has 0 spiro atoms. The van der Waals surface area contributed by atoms with Crippen LogP contribution < -0.4 is 10.9 Å². The van der Waals surface area contributed by atoms with E-state index in [1.165, 1.54) is 4.40 Å². The van der Waals surface area contributed by atoms with Gasteiger partial charge < -0.3 is 10.2 Å². The van der Waals surface area contributed by atoms with Crippen molar-refractivity contribution in [3.05, 3.63) is 46.5 Å². The zero-order valence-electron chi connectivity index (χ0n) is 17.5. The predicted octanol–water partition coefficient (Wildman–Crippen LogP) is 0.890. The summed E-state index contributed by atoms with van der Waals surface area (Å²) in [6.07, 6.45) is 1.71. The minimum absolute atomic E-state index is 0.0654. The van der Waals surface area contributed by atoms with E-state index in [0.717, 1.165) is 5.69 Å². The van der Waals surface area contributed by atoms with Gasteiger partial charge in [0.2, 0.25) is 11.8 Å². The number of rotatable bonds is 4. The van der Waals surface area contributed by atoms with E-state index in [-0.39, 0.29) is 17.4 Å². The number of hydrogen-bond donors (Lipinski definition) is 1. The van der Waals surface area contributed by atoms with Crippen LogP contribution in [0.1, 0.15) is 33.4 Å². The number of amides is 2. The lowest BCUT2D eigenvalue weighted by molar-refractivity contribution is -0.139. The third-order valence-corrected chi connectivity index (χ3v) is 5.09. The van der Waals surface area contributed by atoms with Crippen molar-refractivity contribution in [1.29, 1.82) is 0 Å². The highest BCUT2D eigenvalue weighted by atomic mass is 16.2. The SMILES string of the molecule is CC(NC(=O)C(C)(C)C)C(=O)N1CCN(Cc2cc(=O)n3ccccc3n2)CC1. The van der Waals surface area contributed by atoms with Gasteiger partial charge >= 0.3 is 0 Å². The molecule has 1 fully saturated rings. The van der Waals surface area contributed by atoms with Gasteiger partial charge in [-0.15, -0.1) is 0 Å². The molecule has 156 valence electrons. The van der Waals surface area contributed by atoms with E-state index < -0.39 is 11.5 Å². The molecule has 1 aliphatic rings. The fourth-order valence-electron chi connectivity index (χ4n) is 3.29. The standard InChI is InChI=1S/C21H29N5O3/c1-15(22-20(29)21(2,3)4)19(28)25-11-9-24(10-12-25)14-16-13-18(27)26-8-6-5-7-17(26)23-16/h5-8,13,15H,9-12,14H2,1-4H3,(H,22,29). The van der Waals surface area contributed by atoms with Gasteiger partial charge in [-0.25, -0.2) is 4.98 Å². The third-order valence-electron chi connectivity index (χ3n) is 5.09. The molecule has 3 rings (SSSR count). The maximum Gasteiger partial charge on any atom is 0.258 e. The van der Waals surface area contributed by atoms with Gasteiger partial charge in [-0.05, 0) is 19.1 Å². The lowest BCUT2D eigenvalue weighted by atomic mass is 9.95. The molecule has 0 aliphatic carbocycles. The second-order valence-electron chi connectivity index (χ2n) is 8.56. The number of fused-ring (bicyclic) bond motifs is 1. The molecule has 8 heteroatoms. The van der Waals surface area contributed by atoms with Crippen LogP contribution in [0.15, 0.2) is 35.3 Å². The lowest BCUT2D eigenvalue weighted by Gasteiger charge is -2.36. The zero-order chi connectivity index (χ0) is 21.2. The molecule has 2 aromatic heterocycles. The molecule has 8 nitrogen and oxygen atoms in total. The molecule has 1 saturated heterocycles. The van der Waals surface area contributed by atoms with Crippen LogP contribution in [-0.4, -0.2) is 63.2 Å². The number of hydrogen-bond acceptors (Lipinski definition) is 5. The second kappa shape index (κ2) is 8.32. The number of aromatic nitrogens is 2. The van der Waals surface area contributed by atoms with Gasteiger partial charge in [-0.3, -0.25) is 23.7 Å². The number of piperazine rings is 1. The first kappa shape index (κ1) is 21.0. The van der Waals surface area contributed by atoms with Crippen molar-refractivity contribution >= 4 is 17.5 Å². The molecule has 0 aromatic carbocycles. The van der Waals surface area contributed by atoms with Crippen molar-refractivity contribution in [1.82, 2.24) is 24.5 Å². The number of carbonyl (C=O) groups excluding carboxylic acids is 2. The van der Waals surface area contributed by atoms with Crippen LogP contribution in [0.2, 0.25) is 0 Å². The molecular formula is C21H29N5O3. The van der Waals surface area contributed by atoms with Gasteiger partial charge in [0.05, 0.1) is 5.69 Å². The second-order valence-corrected chi connectivity index (χ2v) is 8.56. The van der Waals surface area contributed by atoms with Gasteiger partial charge in [0.1, 0.15) is 11.7 Å². The van der Waals surface area contributed by atoms with Crippen LogP contribution in [0, 0.1) is 5.41 Å². The quantitative estimate of drug-likeness (QED) is 0.825. The summed E-state index contributed by atoms with van der Waals surface area (Å²) >= 11 is 0. The Kier molecular flexibility index (Phi) is 6.02. The molecule has 3 heterocycles. The molecule has 2 aromatic rings. The first-order valence-electron chi connectivity index (χ1n) is 9.94. The van der Waals surface area contributed by atoms with Crippen LogP contribution >= 0.6 is 0 Å². The van der Waals surface area contributed by atoms with Gasteiger partial charge in [-0.2, -0.15) is 0 Å². The highest BCUT2D eigenvalue weighted by Gasteiger charge is 2.29. The topological polar surface area (TPSA) is 87.0 Å². The molecule has 2 amide bonds. The van der Waals surface area contributed by atoms with E-state index >= 15 is 0 Å². The molecule has 0 bridgehead atoms. The Labute approximate surface area is 170 Å². The van der Waals surface area contributed by atoms with E-state index in [0.29, 0.717) is 38.4 Å². The number of carbonyl (C=O) groups is 2. The van der Waals surface area contributed by atoms with E-state index in [4.69, 9.17) is 0 Å². The fourth-order valence-corrected chi connectivity index (χ4v) is 3.29. The molecule has 29 heavy (non-hydrogen) atoms. The van der Waals surface area contributed by atoms with Gasteiger partial charge in [0.15, 0.2) is 0 Å². The van der Waals surface area contributed by atoms with Crippen LogP contribution in [0.25, 0.3) is 5.65 Å². The summed E-state index contributed by atoms with van der Waals surface area (Å²) in [4.78, 5) is 45.5. The Bertz CT molecular complexity index is 955. The summed E-state index contributed by atoms with van der Waals surface area (Å²) in [7, 11) is 0. The molecule has 1 aliphatic heterocycles. The van der Waals surface area contributed by atoms with Crippen LogP contribution in [0.4, 0.5) is 0 Å². The Hall–Kier alpha value is -2.74. The Morgan fingerprint density at radius 1 is 1.17 bits per heavy atom. The monoisotopic (exact) mass is 399 g/mol. The Balaban J connectivity index is 1.56. The third kappa shape index (κ3) is 5.00. The summed E-state index contributed by atoms with van der Waals surface area (Å²) in [5.41, 5.74) is 0.737. The highest BCUT2D eigenvalue weighted by molar-refractivity contribution is 5.89. The van der Waals surface area contributed by atoms with Crippen molar-refractivity contribution in [2.45, 2.75) is 40.3 Å². The van der Waals surface area contributed by atoms with E-state index in [9.17, 15) is 14.4 Å². The maximum atomic E-state index is 12.7. The van der Waals surface area contributed by atoms with Crippen molar-refractivity contribution in [2.75, 3.05) is 26.2 Å². The van der Waals surface area contributed by atoms with E-state index in [1.54, 1.807) is 30.2 Å². The average Bonchev–Trinajstić information content (AvgIpc) is 2.67.